The highest BCUT2D eigenvalue weighted by molar-refractivity contribution is 6.03. The van der Waals surface area contributed by atoms with Gasteiger partial charge in [0.25, 0.3) is 0 Å². The van der Waals surface area contributed by atoms with Gasteiger partial charge in [0.2, 0.25) is 0 Å². The number of hydrogen-bond acceptors (Lipinski definition) is 7. The molecule has 0 aromatic carbocycles. The van der Waals surface area contributed by atoms with E-state index in [-0.39, 0.29) is 17.6 Å². The van der Waals surface area contributed by atoms with Gasteiger partial charge < -0.3 is 9.64 Å². The van der Waals surface area contributed by atoms with Crippen LogP contribution >= 0.6 is 0 Å². The molecule has 1 saturated heterocycles. The van der Waals surface area contributed by atoms with Crippen LogP contribution in [0.15, 0.2) is 30.1 Å². The van der Waals surface area contributed by atoms with Crippen molar-refractivity contribution in [1.29, 1.82) is 0 Å². The van der Waals surface area contributed by atoms with Crippen LogP contribution in [0.2, 0.25) is 0 Å². The van der Waals surface area contributed by atoms with E-state index in [2.05, 4.69) is 25.8 Å². The zero-order valence-corrected chi connectivity index (χ0v) is 18.6. The fourth-order valence-corrected chi connectivity index (χ4v) is 4.82. The van der Waals surface area contributed by atoms with E-state index in [1.165, 1.54) is 0 Å². The molecule has 3 aliphatic rings. The highest BCUT2D eigenvalue weighted by Crippen LogP contribution is 2.35. The van der Waals surface area contributed by atoms with Crippen molar-refractivity contribution in [3.05, 3.63) is 52.6 Å². The van der Waals surface area contributed by atoms with Gasteiger partial charge in [0.05, 0.1) is 23.6 Å². The monoisotopic (exact) mass is 432 g/mol. The largest absolute Gasteiger partial charge is 0.489 e. The van der Waals surface area contributed by atoms with Crippen LogP contribution < -0.4 is 9.64 Å². The molecular formula is C25H28N4O3. The minimum absolute atomic E-state index is 0.0325. The van der Waals surface area contributed by atoms with Gasteiger partial charge in [-0.15, -0.1) is 0 Å². The number of fused-ring (bicyclic) bond motifs is 4. The topological polar surface area (TPSA) is 75.6 Å². The van der Waals surface area contributed by atoms with Crippen molar-refractivity contribution in [3.63, 3.8) is 0 Å². The fourth-order valence-electron chi connectivity index (χ4n) is 4.82. The predicted octanol–water partition coefficient (Wildman–Crippen LogP) is 3.07. The van der Waals surface area contributed by atoms with E-state index in [0.29, 0.717) is 25.1 Å². The van der Waals surface area contributed by atoms with Crippen LogP contribution in [0.3, 0.4) is 0 Å². The molecule has 0 radical (unpaired) electrons. The van der Waals surface area contributed by atoms with Crippen molar-refractivity contribution in [3.8, 4) is 5.75 Å². The van der Waals surface area contributed by atoms with Crippen molar-refractivity contribution >= 4 is 23.3 Å². The number of piperazine rings is 1. The number of hydrogen-bond donors (Lipinski definition) is 0. The van der Waals surface area contributed by atoms with Crippen LogP contribution in [0.4, 0.5) is 5.69 Å². The number of pyridine rings is 2. The van der Waals surface area contributed by atoms with Gasteiger partial charge in [-0.1, -0.05) is 19.9 Å². The van der Waals surface area contributed by atoms with Gasteiger partial charge in [-0.05, 0) is 29.2 Å². The number of ketones is 2. The Bertz CT molecular complexity index is 1110. The SMILES string of the molecule is CCC(=O)c1cc2c(cn1)N1CCN(Cc3cnc4c(c3)CC(=O)C(CC)=C4)CC1CO2. The number of rotatable bonds is 5. The second-order valence-electron chi connectivity index (χ2n) is 8.72. The molecule has 0 N–H and O–H groups in total. The summed E-state index contributed by atoms with van der Waals surface area (Å²) in [7, 11) is 0. The normalized spacial score (nSPS) is 20.1. The van der Waals surface area contributed by atoms with Gasteiger partial charge in [0.1, 0.15) is 18.1 Å². The number of nitrogens with zero attached hydrogens (tertiary/aromatic N) is 4. The molecule has 2 aromatic rings. The molecule has 0 saturated carbocycles. The summed E-state index contributed by atoms with van der Waals surface area (Å²) in [6.07, 6.45) is 7.30. The molecular weight excluding hydrogens is 404 g/mol. The maximum Gasteiger partial charge on any atom is 0.181 e. The lowest BCUT2D eigenvalue weighted by Crippen LogP contribution is -2.57. The Kier molecular flexibility index (Phi) is 5.51. The number of carbonyl (C=O) groups is 2. The minimum atomic E-state index is 0.0325. The number of carbonyl (C=O) groups excluding carboxylic acids is 2. The first-order valence-corrected chi connectivity index (χ1v) is 11.4. The van der Waals surface area contributed by atoms with Gasteiger partial charge >= 0.3 is 0 Å². The summed E-state index contributed by atoms with van der Waals surface area (Å²) in [6.45, 7) is 7.92. The zero-order valence-electron chi connectivity index (χ0n) is 18.6. The number of anilines is 1. The summed E-state index contributed by atoms with van der Waals surface area (Å²) < 4.78 is 6.02. The molecule has 7 nitrogen and oxygen atoms in total. The Morgan fingerprint density at radius 2 is 2.06 bits per heavy atom. The van der Waals surface area contributed by atoms with Crippen molar-refractivity contribution in [1.82, 2.24) is 14.9 Å². The molecule has 1 unspecified atom stereocenters. The van der Waals surface area contributed by atoms with E-state index in [9.17, 15) is 9.59 Å². The maximum absolute atomic E-state index is 12.3. The van der Waals surface area contributed by atoms with Crippen molar-refractivity contribution < 1.29 is 14.3 Å². The average molecular weight is 433 g/mol. The second-order valence-corrected chi connectivity index (χ2v) is 8.72. The summed E-state index contributed by atoms with van der Waals surface area (Å²) in [5.74, 6) is 0.998. The first-order chi connectivity index (χ1) is 15.6. The first-order valence-electron chi connectivity index (χ1n) is 11.4. The third kappa shape index (κ3) is 3.81. The van der Waals surface area contributed by atoms with E-state index in [1.807, 2.05) is 26.1 Å². The van der Waals surface area contributed by atoms with Crippen molar-refractivity contribution in [2.24, 2.45) is 0 Å². The van der Waals surface area contributed by atoms with Crippen LogP contribution in [-0.2, 0) is 17.8 Å². The Balaban J connectivity index is 1.27. The summed E-state index contributed by atoms with van der Waals surface area (Å²) >= 11 is 0. The highest BCUT2D eigenvalue weighted by Gasteiger charge is 2.33. The van der Waals surface area contributed by atoms with Crippen LogP contribution in [0, 0.1) is 0 Å². The molecule has 1 aliphatic carbocycles. The lowest BCUT2D eigenvalue weighted by atomic mass is 9.92. The molecule has 1 fully saturated rings. The molecule has 0 bridgehead atoms. The van der Waals surface area contributed by atoms with E-state index < -0.39 is 0 Å². The van der Waals surface area contributed by atoms with Crippen molar-refractivity contribution in [2.45, 2.75) is 45.7 Å². The van der Waals surface area contributed by atoms with Crippen LogP contribution in [-0.4, -0.2) is 58.7 Å². The molecule has 0 amide bonds. The molecule has 2 aromatic heterocycles. The number of Topliss-reactive ketones (excluding diaryl/α,β-unsaturated/α-hetero) is 2. The molecule has 1 atom stereocenters. The van der Waals surface area contributed by atoms with Gasteiger partial charge in [-0.3, -0.25) is 24.5 Å². The molecule has 2 aliphatic heterocycles. The lowest BCUT2D eigenvalue weighted by Gasteiger charge is -2.45. The molecule has 166 valence electrons. The Morgan fingerprint density at radius 1 is 1.19 bits per heavy atom. The third-order valence-electron chi connectivity index (χ3n) is 6.63. The summed E-state index contributed by atoms with van der Waals surface area (Å²) in [5.41, 5.74) is 5.41. The van der Waals surface area contributed by atoms with Gasteiger partial charge in [0, 0.05) is 51.3 Å². The van der Waals surface area contributed by atoms with Gasteiger partial charge in [0.15, 0.2) is 11.6 Å². The second kappa shape index (κ2) is 8.47. The molecule has 4 heterocycles. The molecule has 7 heteroatoms. The van der Waals surface area contributed by atoms with E-state index in [1.54, 1.807) is 12.3 Å². The quantitative estimate of drug-likeness (QED) is 0.672. The molecule has 5 rings (SSSR count). The van der Waals surface area contributed by atoms with Crippen LogP contribution in [0.25, 0.3) is 6.08 Å². The first kappa shape index (κ1) is 20.8. The molecule has 0 spiro atoms. The molecule has 32 heavy (non-hydrogen) atoms. The van der Waals surface area contributed by atoms with E-state index in [4.69, 9.17) is 4.74 Å². The Morgan fingerprint density at radius 3 is 2.88 bits per heavy atom. The van der Waals surface area contributed by atoms with Gasteiger partial charge in [-0.2, -0.15) is 0 Å². The van der Waals surface area contributed by atoms with Crippen LogP contribution in [0.5, 0.6) is 5.75 Å². The summed E-state index contributed by atoms with van der Waals surface area (Å²) in [6, 6.07) is 4.16. The summed E-state index contributed by atoms with van der Waals surface area (Å²) in [5, 5.41) is 0. The highest BCUT2D eigenvalue weighted by atomic mass is 16.5. The van der Waals surface area contributed by atoms with E-state index >= 15 is 0 Å². The predicted molar refractivity (Wildman–Crippen MR) is 122 cm³/mol. The number of ether oxygens (including phenoxy) is 1. The zero-order chi connectivity index (χ0) is 22.2. The Labute approximate surface area is 188 Å². The maximum atomic E-state index is 12.3. The third-order valence-corrected chi connectivity index (χ3v) is 6.63. The minimum Gasteiger partial charge on any atom is -0.489 e. The fraction of sp³-hybridized carbons (Fsp3) is 0.440. The average Bonchev–Trinajstić information content (AvgIpc) is 2.82. The lowest BCUT2D eigenvalue weighted by molar-refractivity contribution is -0.115. The smallest absolute Gasteiger partial charge is 0.181 e. The Hall–Kier alpha value is -3.06. The summed E-state index contributed by atoms with van der Waals surface area (Å²) in [4.78, 5) is 38.0. The van der Waals surface area contributed by atoms with E-state index in [0.717, 1.165) is 66.4 Å². The number of allylic oxidation sites excluding steroid dienone is 1. The van der Waals surface area contributed by atoms with Crippen LogP contribution in [0.1, 0.15) is 54.0 Å². The van der Waals surface area contributed by atoms with Gasteiger partial charge in [-0.25, -0.2) is 0 Å². The standard InChI is InChI=1S/C25H28N4O3/c1-3-17-8-20-18(9-24(17)31)7-16(11-26-20)13-28-5-6-29-19(14-28)15-32-25-10-21(23(30)4-2)27-12-22(25)29/h7-8,10-12,19H,3-6,9,13-15H2,1-2H3. The number of aromatic nitrogens is 2. The van der Waals surface area contributed by atoms with Crippen molar-refractivity contribution in [2.75, 3.05) is 31.1 Å².